The molecule has 1 N–H and O–H groups in total. The molecule has 126 valence electrons. The Morgan fingerprint density at radius 1 is 0.920 bits per heavy atom. The number of hydrogen-bond acceptors (Lipinski definition) is 4. The Kier molecular flexibility index (Phi) is 5.26. The molecule has 3 rings (SSSR count). The van der Waals surface area contributed by atoms with Gasteiger partial charge in [-0.3, -0.25) is 4.79 Å². The number of esters is 1. The standard InChI is InChI=1S/C20H17NO3S/c1-14-7-12-18(25-14)20(23)24-13-19(22)21-17-10-8-16(9-11-17)15-5-3-2-4-6-15/h2-12H,13H2,1H3,(H,21,22). The average molecular weight is 351 g/mol. The lowest BCUT2D eigenvalue weighted by molar-refractivity contribution is -0.119. The van der Waals surface area contributed by atoms with Crippen molar-refractivity contribution < 1.29 is 14.3 Å². The zero-order valence-electron chi connectivity index (χ0n) is 13.7. The van der Waals surface area contributed by atoms with Gasteiger partial charge in [0.25, 0.3) is 5.91 Å². The maximum atomic E-state index is 11.9. The highest BCUT2D eigenvalue weighted by Crippen LogP contribution is 2.21. The molecule has 0 radical (unpaired) electrons. The van der Waals surface area contributed by atoms with Crippen LogP contribution in [0.3, 0.4) is 0 Å². The predicted molar refractivity (Wildman–Crippen MR) is 99.8 cm³/mol. The van der Waals surface area contributed by atoms with Gasteiger partial charge in [-0.1, -0.05) is 42.5 Å². The first-order chi connectivity index (χ1) is 12.1. The first kappa shape index (κ1) is 16.9. The van der Waals surface area contributed by atoms with Crippen LogP contribution in [0, 0.1) is 6.92 Å². The zero-order chi connectivity index (χ0) is 17.6. The summed E-state index contributed by atoms with van der Waals surface area (Å²) >= 11 is 1.34. The van der Waals surface area contributed by atoms with E-state index >= 15 is 0 Å². The second-order valence-electron chi connectivity index (χ2n) is 5.48. The minimum Gasteiger partial charge on any atom is -0.451 e. The van der Waals surface area contributed by atoms with Crippen molar-refractivity contribution in [2.24, 2.45) is 0 Å². The topological polar surface area (TPSA) is 55.4 Å². The quantitative estimate of drug-likeness (QED) is 0.688. The van der Waals surface area contributed by atoms with Crippen molar-refractivity contribution in [2.45, 2.75) is 6.92 Å². The fourth-order valence-electron chi connectivity index (χ4n) is 2.32. The minimum absolute atomic E-state index is 0.309. The van der Waals surface area contributed by atoms with Crippen LogP contribution in [0.1, 0.15) is 14.5 Å². The molecule has 0 aliphatic rings. The number of carbonyl (C=O) groups is 2. The molecule has 1 amide bonds. The normalized spacial score (nSPS) is 10.3. The van der Waals surface area contributed by atoms with Crippen LogP contribution in [0.15, 0.2) is 66.7 Å². The molecule has 4 nitrogen and oxygen atoms in total. The van der Waals surface area contributed by atoms with Crippen molar-refractivity contribution in [3.05, 3.63) is 76.5 Å². The number of aryl methyl sites for hydroxylation is 1. The van der Waals surface area contributed by atoms with E-state index in [0.29, 0.717) is 10.6 Å². The number of carbonyl (C=O) groups excluding carboxylic acids is 2. The SMILES string of the molecule is Cc1ccc(C(=O)OCC(=O)Nc2ccc(-c3ccccc3)cc2)s1. The average Bonchev–Trinajstić information content (AvgIpc) is 3.08. The predicted octanol–water partition coefficient (Wildman–Crippen LogP) is 4.52. The van der Waals surface area contributed by atoms with E-state index in [1.807, 2.05) is 67.6 Å². The van der Waals surface area contributed by atoms with Gasteiger partial charge in [-0.2, -0.15) is 0 Å². The van der Waals surface area contributed by atoms with Gasteiger partial charge in [0, 0.05) is 10.6 Å². The molecule has 1 heterocycles. The number of thiophene rings is 1. The van der Waals surface area contributed by atoms with Crippen molar-refractivity contribution in [1.82, 2.24) is 0 Å². The monoisotopic (exact) mass is 351 g/mol. The van der Waals surface area contributed by atoms with E-state index in [1.165, 1.54) is 11.3 Å². The van der Waals surface area contributed by atoms with Crippen LogP contribution in [-0.2, 0) is 9.53 Å². The van der Waals surface area contributed by atoms with E-state index in [1.54, 1.807) is 6.07 Å². The first-order valence-electron chi connectivity index (χ1n) is 7.81. The van der Waals surface area contributed by atoms with Crippen molar-refractivity contribution in [3.8, 4) is 11.1 Å². The summed E-state index contributed by atoms with van der Waals surface area (Å²) < 4.78 is 5.03. The third-order valence-electron chi connectivity index (χ3n) is 3.55. The molecule has 0 aliphatic heterocycles. The molecule has 0 spiro atoms. The smallest absolute Gasteiger partial charge is 0.348 e. The molecule has 25 heavy (non-hydrogen) atoms. The maximum Gasteiger partial charge on any atom is 0.348 e. The second-order valence-corrected chi connectivity index (χ2v) is 6.77. The van der Waals surface area contributed by atoms with Crippen molar-refractivity contribution >= 4 is 28.9 Å². The Hall–Kier alpha value is -2.92. The number of rotatable bonds is 5. The van der Waals surface area contributed by atoms with E-state index in [4.69, 9.17) is 4.74 Å². The molecule has 0 fully saturated rings. The molecular formula is C20H17NO3S. The van der Waals surface area contributed by atoms with Gasteiger partial charge >= 0.3 is 5.97 Å². The van der Waals surface area contributed by atoms with Crippen LogP contribution in [-0.4, -0.2) is 18.5 Å². The number of nitrogens with one attached hydrogen (secondary N) is 1. The van der Waals surface area contributed by atoms with E-state index in [-0.39, 0.29) is 12.5 Å². The highest BCUT2D eigenvalue weighted by Gasteiger charge is 2.12. The largest absolute Gasteiger partial charge is 0.451 e. The molecule has 1 aromatic heterocycles. The molecule has 0 aliphatic carbocycles. The van der Waals surface area contributed by atoms with Gasteiger partial charge in [0.05, 0.1) is 0 Å². The highest BCUT2D eigenvalue weighted by atomic mass is 32.1. The Balaban J connectivity index is 1.53. The summed E-state index contributed by atoms with van der Waals surface area (Å²) in [5.74, 6) is -0.846. The van der Waals surface area contributed by atoms with E-state index in [0.717, 1.165) is 16.0 Å². The fourth-order valence-corrected chi connectivity index (χ4v) is 3.08. The van der Waals surface area contributed by atoms with E-state index < -0.39 is 5.97 Å². The summed E-state index contributed by atoms with van der Waals surface area (Å²) in [5.41, 5.74) is 2.84. The van der Waals surface area contributed by atoms with Crippen molar-refractivity contribution in [3.63, 3.8) is 0 Å². The third-order valence-corrected chi connectivity index (χ3v) is 4.53. The zero-order valence-corrected chi connectivity index (χ0v) is 14.5. The van der Waals surface area contributed by atoms with Gasteiger partial charge in [0.15, 0.2) is 6.61 Å². The van der Waals surface area contributed by atoms with Crippen LogP contribution < -0.4 is 5.32 Å². The number of amides is 1. The molecule has 0 saturated carbocycles. The molecule has 0 atom stereocenters. The van der Waals surface area contributed by atoms with Gasteiger partial charge in [-0.05, 0) is 42.3 Å². The molecule has 0 saturated heterocycles. The Morgan fingerprint density at radius 3 is 2.24 bits per heavy atom. The molecule has 3 aromatic rings. The lowest BCUT2D eigenvalue weighted by Gasteiger charge is -2.07. The van der Waals surface area contributed by atoms with Gasteiger partial charge in [0.1, 0.15) is 4.88 Å². The van der Waals surface area contributed by atoms with Crippen LogP contribution in [0.5, 0.6) is 0 Å². The fraction of sp³-hybridized carbons (Fsp3) is 0.100. The number of hydrogen-bond donors (Lipinski definition) is 1. The summed E-state index contributed by atoms with van der Waals surface area (Å²) in [4.78, 5) is 25.3. The van der Waals surface area contributed by atoms with Crippen LogP contribution in [0.4, 0.5) is 5.69 Å². The second kappa shape index (κ2) is 7.77. The van der Waals surface area contributed by atoms with E-state index in [2.05, 4.69) is 5.32 Å². The van der Waals surface area contributed by atoms with Gasteiger partial charge in [0.2, 0.25) is 0 Å². The Labute approximate surface area is 150 Å². The van der Waals surface area contributed by atoms with Gasteiger partial charge < -0.3 is 10.1 Å². The lowest BCUT2D eigenvalue weighted by Crippen LogP contribution is -2.20. The van der Waals surface area contributed by atoms with Crippen LogP contribution >= 0.6 is 11.3 Å². The first-order valence-corrected chi connectivity index (χ1v) is 8.62. The molecule has 0 unspecified atom stereocenters. The number of benzene rings is 2. The summed E-state index contributed by atoms with van der Waals surface area (Å²) in [5, 5.41) is 2.72. The number of anilines is 1. The maximum absolute atomic E-state index is 11.9. The lowest BCUT2D eigenvalue weighted by atomic mass is 10.1. The summed E-state index contributed by atoms with van der Waals surface area (Å²) in [7, 11) is 0. The summed E-state index contributed by atoms with van der Waals surface area (Å²) in [6.07, 6.45) is 0. The van der Waals surface area contributed by atoms with Crippen molar-refractivity contribution in [2.75, 3.05) is 11.9 Å². The molecular weight excluding hydrogens is 334 g/mol. The van der Waals surface area contributed by atoms with Crippen LogP contribution in [0.25, 0.3) is 11.1 Å². The Morgan fingerprint density at radius 2 is 1.60 bits per heavy atom. The Bertz CT molecular complexity index is 869. The molecule has 2 aromatic carbocycles. The third kappa shape index (κ3) is 4.55. The molecule has 0 bridgehead atoms. The van der Waals surface area contributed by atoms with Gasteiger partial charge in [-0.15, -0.1) is 11.3 Å². The minimum atomic E-state index is -0.479. The molecule has 5 heteroatoms. The summed E-state index contributed by atoms with van der Waals surface area (Å²) in [6, 6.07) is 21.0. The highest BCUT2D eigenvalue weighted by molar-refractivity contribution is 7.13. The summed E-state index contributed by atoms with van der Waals surface area (Å²) in [6.45, 7) is 1.60. The van der Waals surface area contributed by atoms with Crippen LogP contribution in [0.2, 0.25) is 0 Å². The number of ether oxygens (including phenoxy) is 1. The van der Waals surface area contributed by atoms with E-state index in [9.17, 15) is 9.59 Å². The van der Waals surface area contributed by atoms with Crippen molar-refractivity contribution in [1.29, 1.82) is 0 Å². The van der Waals surface area contributed by atoms with Gasteiger partial charge in [-0.25, -0.2) is 4.79 Å².